The Hall–Kier alpha value is -3.20. The van der Waals surface area contributed by atoms with E-state index in [-0.39, 0.29) is 18.1 Å². The van der Waals surface area contributed by atoms with Gasteiger partial charge >= 0.3 is 0 Å². The lowest BCUT2D eigenvalue weighted by atomic mass is 10.1. The van der Waals surface area contributed by atoms with Gasteiger partial charge in [0.25, 0.3) is 0 Å². The number of rotatable bonds is 10. The standard InChI is InChI=1S/C22H25N3O5S/c1-14-6-8-18(19(10-14)28-4)30-12-21-23-24-22(25(21)2)31-13-16(26)15-7-9-17(27-3)20(11-15)29-5/h6-11H,12-13H2,1-5H3. The van der Waals surface area contributed by atoms with Crippen LogP contribution in [0.3, 0.4) is 0 Å². The number of benzene rings is 2. The minimum atomic E-state index is -0.0452. The molecule has 0 saturated carbocycles. The Morgan fingerprint density at radius 2 is 1.61 bits per heavy atom. The topological polar surface area (TPSA) is 84.7 Å². The van der Waals surface area contributed by atoms with Crippen LogP contribution in [0.4, 0.5) is 0 Å². The Kier molecular flexibility index (Phi) is 7.41. The van der Waals surface area contributed by atoms with Gasteiger partial charge in [0.15, 0.2) is 39.8 Å². The summed E-state index contributed by atoms with van der Waals surface area (Å²) in [6.45, 7) is 2.22. The van der Waals surface area contributed by atoms with E-state index in [4.69, 9.17) is 18.9 Å². The molecule has 0 unspecified atom stereocenters. The summed E-state index contributed by atoms with van der Waals surface area (Å²) in [6, 6.07) is 10.8. The highest BCUT2D eigenvalue weighted by Gasteiger charge is 2.15. The van der Waals surface area contributed by atoms with Gasteiger partial charge < -0.3 is 23.5 Å². The minimum absolute atomic E-state index is 0.0452. The second kappa shape index (κ2) is 10.2. The van der Waals surface area contributed by atoms with Crippen LogP contribution in [-0.4, -0.2) is 47.6 Å². The van der Waals surface area contributed by atoms with Crippen molar-refractivity contribution in [3.05, 3.63) is 53.3 Å². The summed E-state index contributed by atoms with van der Waals surface area (Å²) in [7, 11) is 6.54. The maximum atomic E-state index is 12.6. The first-order valence-corrected chi connectivity index (χ1v) is 10.5. The first-order chi connectivity index (χ1) is 15.0. The van der Waals surface area contributed by atoms with Crippen molar-refractivity contribution in [1.29, 1.82) is 0 Å². The largest absolute Gasteiger partial charge is 0.493 e. The van der Waals surface area contributed by atoms with Gasteiger partial charge in [-0.2, -0.15) is 0 Å². The second-order valence-electron chi connectivity index (χ2n) is 6.68. The minimum Gasteiger partial charge on any atom is -0.493 e. The van der Waals surface area contributed by atoms with Crippen LogP contribution in [0.25, 0.3) is 0 Å². The van der Waals surface area contributed by atoms with E-state index in [2.05, 4.69) is 10.2 Å². The molecule has 0 spiro atoms. The Balaban J connectivity index is 1.62. The molecule has 3 aromatic rings. The molecular weight excluding hydrogens is 418 g/mol. The lowest BCUT2D eigenvalue weighted by molar-refractivity contribution is 0.102. The number of Topliss-reactive ketones (excluding diaryl/α,β-unsaturated/α-hetero) is 1. The average Bonchev–Trinajstić information content (AvgIpc) is 3.15. The lowest BCUT2D eigenvalue weighted by Crippen LogP contribution is -2.07. The third kappa shape index (κ3) is 5.29. The van der Waals surface area contributed by atoms with Crippen LogP contribution in [0.15, 0.2) is 41.6 Å². The predicted octanol–water partition coefficient (Wildman–Crippen LogP) is 3.70. The van der Waals surface area contributed by atoms with Crippen molar-refractivity contribution >= 4 is 17.5 Å². The van der Waals surface area contributed by atoms with Gasteiger partial charge in [-0.1, -0.05) is 17.8 Å². The van der Waals surface area contributed by atoms with Gasteiger partial charge in [-0.3, -0.25) is 4.79 Å². The summed E-state index contributed by atoms with van der Waals surface area (Å²) in [6.07, 6.45) is 0. The molecule has 164 valence electrons. The van der Waals surface area contributed by atoms with E-state index in [0.29, 0.717) is 39.5 Å². The molecule has 9 heteroatoms. The van der Waals surface area contributed by atoms with E-state index in [1.165, 1.54) is 18.9 Å². The van der Waals surface area contributed by atoms with Crippen molar-refractivity contribution in [2.24, 2.45) is 7.05 Å². The molecule has 0 atom stereocenters. The van der Waals surface area contributed by atoms with Crippen LogP contribution in [0.5, 0.6) is 23.0 Å². The molecule has 3 rings (SSSR count). The zero-order valence-corrected chi connectivity index (χ0v) is 19.0. The molecule has 0 saturated heterocycles. The van der Waals surface area contributed by atoms with Crippen LogP contribution >= 0.6 is 11.8 Å². The Bertz CT molecular complexity index is 1070. The Morgan fingerprint density at radius 1 is 0.935 bits per heavy atom. The van der Waals surface area contributed by atoms with E-state index in [1.807, 2.05) is 36.7 Å². The van der Waals surface area contributed by atoms with Crippen molar-refractivity contribution < 1.29 is 23.7 Å². The number of nitrogens with zero attached hydrogens (tertiary/aromatic N) is 3. The fourth-order valence-electron chi connectivity index (χ4n) is 2.86. The molecule has 1 aromatic heterocycles. The van der Waals surface area contributed by atoms with Crippen molar-refractivity contribution in [2.75, 3.05) is 27.1 Å². The maximum absolute atomic E-state index is 12.6. The fourth-order valence-corrected chi connectivity index (χ4v) is 3.68. The van der Waals surface area contributed by atoms with Crippen LogP contribution in [0.2, 0.25) is 0 Å². The molecule has 0 aliphatic carbocycles. The monoisotopic (exact) mass is 443 g/mol. The SMILES string of the molecule is COc1ccc(C(=O)CSc2nnc(COc3ccc(C)cc3OC)n2C)cc1OC. The van der Waals surface area contributed by atoms with E-state index in [1.54, 1.807) is 32.4 Å². The van der Waals surface area contributed by atoms with Crippen molar-refractivity contribution in [2.45, 2.75) is 18.7 Å². The average molecular weight is 444 g/mol. The number of ketones is 1. The Labute approximate surface area is 185 Å². The fraction of sp³-hybridized carbons (Fsp3) is 0.318. The Morgan fingerprint density at radius 3 is 2.32 bits per heavy atom. The van der Waals surface area contributed by atoms with Gasteiger partial charge in [-0.25, -0.2) is 0 Å². The summed E-state index contributed by atoms with van der Waals surface area (Å²) in [5, 5.41) is 8.99. The summed E-state index contributed by atoms with van der Waals surface area (Å²) < 4.78 is 23.5. The first kappa shape index (κ1) is 22.5. The number of hydrogen-bond acceptors (Lipinski definition) is 8. The first-order valence-electron chi connectivity index (χ1n) is 9.50. The highest BCUT2D eigenvalue weighted by atomic mass is 32.2. The smallest absolute Gasteiger partial charge is 0.191 e. The number of aryl methyl sites for hydroxylation is 1. The number of carbonyl (C=O) groups excluding carboxylic acids is 1. The van der Waals surface area contributed by atoms with Crippen LogP contribution < -0.4 is 18.9 Å². The van der Waals surface area contributed by atoms with Crippen LogP contribution in [0.1, 0.15) is 21.7 Å². The summed E-state index contributed by atoms with van der Waals surface area (Å²) in [5.74, 6) is 3.21. The molecular formula is C22H25N3O5S. The molecule has 1 heterocycles. The number of ether oxygens (including phenoxy) is 4. The van der Waals surface area contributed by atoms with Gasteiger partial charge in [0.05, 0.1) is 27.1 Å². The molecule has 0 amide bonds. The molecule has 0 aliphatic heterocycles. The van der Waals surface area contributed by atoms with Gasteiger partial charge in [0, 0.05) is 12.6 Å². The van der Waals surface area contributed by atoms with E-state index >= 15 is 0 Å². The van der Waals surface area contributed by atoms with Gasteiger partial charge in [0.2, 0.25) is 0 Å². The van der Waals surface area contributed by atoms with E-state index in [9.17, 15) is 4.79 Å². The zero-order chi connectivity index (χ0) is 22.4. The quantitative estimate of drug-likeness (QED) is 0.346. The molecule has 31 heavy (non-hydrogen) atoms. The molecule has 0 radical (unpaired) electrons. The number of aromatic nitrogens is 3. The molecule has 0 aliphatic rings. The van der Waals surface area contributed by atoms with Crippen molar-refractivity contribution in [1.82, 2.24) is 14.8 Å². The summed E-state index contributed by atoms with van der Waals surface area (Å²) >= 11 is 1.31. The molecule has 0 N–H and O–H groups in total. The normalized spacial score (nSPS) is 10.6. The number of hydrogen-bond donors (Lipinski definition) is 0. The molecule has 2 aromatic carbocycles. The molecule has 0 fully saturated rings. The number of methoxy groups -OCH3 is 3. The summed E-state index contributed by atoms with van der Waals surface area (Å²) in [5.41, 5.74) is 1.63. The molecule has 8 nitrogen and oxygen atoms in total. The summed E-state index contributed by atoms with van der Waals surface area (Å²) in [4.78, 5) is 12.6. The maximum Gasteiger partial charge on any atom is 0.191 e. The molecule has 0 bridgehead atoms. The van der Waals surface area contributed by atoms with Crippen molar-refractivity contribution in [3.63, 3.8) is 0 Å². The highest BCUT2D eigenvalue weighted by Crippen LogP contribution is 2.30. The number of thioether (sulfide) groups is 1. The zero-order valence-electron chi connectivity index (χ0n) is 18.2. The number of carbonyl (C=O) groups is 1. The predicted molar refractivity (Wildman–Crippen MR) is 118 cm³/mol. The third-order valence-corrected chi connectivity index (χ3v) is 5.66. The van der Waals surface area contributed by atoms with E-state index < -0.39 is 0 Å². The lowest BCUT2D eigenvalue weighted by Gasteiger charge is -2.11. The highest BCUT2D eigenvalue weighted by molar-refractivity contribution is 7.99. The second-order valence-corrected chi connectivity index (χ2v) is 7.62. The van der Waals surface area contributed by atoms with Crippen molar-refractivity contribution in [3.8, 4) is 23.0 Å². The van der Waals surface area contributed by atoms with Gasteiger partial charge in [0.1, 0.15) is 6.61 Å². The van der Waals surface area contributed by atoms with Crippen LogP contribution in [-0.2, 0) is 13.7 Å². The van der Waals surface area contributed by atoms with Gasteiger partial charge in [-0.05, 0) is 42.8 Å². The van der Waals surface area contributed by atoms with E-state index in [0.717, 1.165) is 5.56 Å². The third-order valence-electron chi connectivity index (χ3n) is 4.64. The van der Waals surface area contributed by atoms with Gasteiger partial charge in [-0.15, -0.1) is 10.2 Å². The van der Waals surface area contributed by atoms with Crippen LogP contribution in [0, 0.1) is 6.92 Å².